The maximum Gasteiger partial charge on any atom is 0.123 e. The normalized spacial score (nSPS) is 18.7. The van der Waals surface area contributed by atoms with E-state index < -0.39 is 0 Å². The summed E-state index contributed by atoms with van der Waals surface area (Å²) in [5.74, 6) is 0. The van der Waals surface area contributed by atoms with Crippen LogP contribution < -0.4 is 5.32 Å². The number of aromatic nitrogens is 1. The molecule has 1 aliphatic rings. The van der Waals surface area contributed by atoms with Gasteiger partial charge in [0.1, 0.15) is 5.01 Å². The van der Waals surface area contributed by atoms with Crippen molar-refractivity contribution in [3.05, 3.63) is 39.9 Å². The lowest BCUT2D eigenvalue weighted by Crippen LogP contribution is -2.19. The molecular formula is C14H15ClN2S. The number of rotatable bonds is 2. The summed E-state index contributed by atoms with van der Waals surface area (Å²) >= 11 is 7.73. The number of hydrogen-bond donors (Lipinski definition) is 1. The molecule has 0 radical (unpaired) electrons. The van der Waals surface area contributed by atoms with E-state index in [-0.39, 0.29) is 0 Å². The molecule has 2 nitrogen and oxygen atoms in total. The quantitative estimate of drug-likeness (QED) is 0.896. The first kappa shape index (κ1) is 12.2. The first-order valence-electron chi connectivity index (χ1n) is 6.20. The van der Waals surface area contributed by atoms with E-state index in [1.807, 2.05) is 42.6 Å². The molecule has 0 aliphatic heterocycles. The highest BCUT2D eigenvalue weighted by Crippen LogP contribution is 2.37. The average Bonchev–Trinajstić information content (AvgIpc) is 2.83. The fraction of sp³-hybridized carbons (Fsp3) is 0.357. The number of thiazole rings is 1. The molecule has 0 fully saturated rings. The molecule has 2 aromatic rings. The van der Waals surface area contributed by atoms with Gasteiger partial charge in [-0.2, -0.15) is 0 Å². The topological polar surface area (TPSA) is 24.9 Å². The van der Waals surface area contributed by atoms with Gasteiger partial charge in [0.2, 0.25) is 0 Å². The van der Waals surface area contributed by atoms with Gasteiger partial charge in [-0.15, -0.1) is 11.3 Å². The van der Waals surface area contributed by atoms with Crippen LogP contribution in [0.5, 0.6) is 0 Å². The number of nitrogens with one attached hydrogen (secondary N) is 1. The fourth-order valence-corrected chi connectivity index (χ4v) is 3.80. The molecular weight excluding hydrogens is 264 g/mol. The molecule has 0 spiro atoms. The van der Waals surface area contributed by atoms with Crippen LogP contribution >= 0.6 is 22.9 Å². The van der Waals surface area contributed by atoms with E-state index in [0.29, 0.717) is 6.04 Å². The average molecular weight is 279 g/mol. The van der Waals surface area contributed by atoms with Gasteiger partial charge in [-0.25, -0.2) is 4.98 Å². The van der Waals surface area contributed by atoms with Gasteiger partial charge in [0.25, 0.3) is 0 Å². The molecule has 94 valence electrons. The maximum atomic E-state index is 5.92. The zero-order chi connectivity index (χ0) is 12.5. The van der Waals surface area contributed by atoms with E-state index in [2.05, 4.69) is 5.32 Å². The summed E-state index contributed by atoms with van der Waals surface area (Å²) in [6, 6.07) is 8.41. The van der Waals surface area contributed by atoms with Gasteiger partial charge in [-0.05, 0) is 38.4 Å². The van der Waals surface area contributed by atoms with Crippen molar-refractivity contribution in [1.82, 2.24) is 10.3 Å². The van der Waals surface area contributed by atoms with Gasteiger partial charge in [-0.3, -0.25) is 0 Å². The lowest BCUT2D eigenvalue weighted by atomic mass is 9.98. The second kappa shape index (κ2) is 5.00. The van der Waals surface area contributed by atoms with Crippen LogP contribution in [-0.2, 0) is 6.42 Å². The van der Waals surface area contributed by atoms with E-state index in [0.717, 1.165) is 22.0 Å². The van der Waals surface area contributed by atoms with Crippen molar-refractivity contribution in [3.63, 3.8) is 0 Å². The minimum atomic E-state index is 0.479. The standard InChI is InChI=1S/C14H15ClN2S/c1-16-11-3-2-4-12-13(11)18-14(17-12)9-5-7-10(15)8-6-9/h5-8,11,16H,2-4H2,1H3. The fourth-order valence-electron chi connectivity index (χ4n) is 2.41. The Morgan fingerprint density at radius 2 is 2.11 bits per heavy atom. The maximum absolute atomic E-state index is 5.92. The molecule has 0 bridgehead atoms. The summed E-state index contributed by atoms with van der Waals surface area (Å²) in [4.78, 5) is 6.20. The van der Waals surface area contributed by atoms with Crippen molar-refractivity contribution in [2.45, 2.75) is 25.3 Å². The van der Waals surface area contributed by atoms with Crippen molar-refractivity contribution in [1.29, 1.82) is 0 Å². The smallest absolute Gasteiger partial charge is 0.123 e. The Bertz CT molecular complexity index is 547. The van der Waals surface area contributed by atoms with Crippen molar-refractivity contribution in [3.8, 4) is 10.6 Å². The molecule has 1 aliphatic carbocycles. The van der Waals surface area contributed by atoms with Gasteiger partial charge in [-0.1, -0.05) is 23.7 Å². The molecule has 0 saturated carbocycles. The highest BCUT2D eigenvalue weighted by Gasteiger charge is 2.23. The summed E-state index contributed by atoms with van der Waals surface area (Å²) in [5.41, 5.74) is 2.43. The summed E-state index contributed by atoms with van der Waals surface area (Å²) in [7, 11) is 2.03. The van der Waals surface area contributed by atoms with Crippen molar-refractivity contribution in [2.24, 2.45) is 0 Å². The Balaban J connectivity index is 1.99. The van der Waals surface area contributed by atoms with E-state index in [4.69, 9.17) is 16.6 Å². The second-order valence-electron chi connectivity index (χ2n) is 4.57. The summed E-state index contributed by atoms with van der Waals surface area (Å²) in [6.45, 7) is 0. The summed E-state index contributed by atoms with van der Waals surface area (Å²) in [6.07, 6.45) is 3.55. The van der Waals surface area contributed by atoms with Crippen LogP contribution in [0, 0.1) is 0 Å². The minimum absolute atomic E-state index is 0.479. The van der Waals surface area contributed by atoms with E-state index in [1.54, 1.807) is 0 Å². The van der Waals surface area contributed by atoms with Crippen LogP contribution in [0.3, 0.4) is 0 Å². The van der Waals surface area contributed by atoms with Crippen molar-refractivity contribution < 1.29 is 0 Å². The van der Waals surface area contributed by atoms with Gasteiger partial charge in [0.05, 0.1) is 5.69 Å². The number of halogens is 1. The Labute approximate surface area is 116 Å². The van der Waals surface area contributed by atoms with Gasteiger partial charge in [0.15, 0.2) is 0 Å². The number of fused-ring (bicyclic) bond motifs is 1. The van der Waals surface area contributed by atoms with Crippen molar-refractivity contribution in [2.75, 3.05) is 7.05 Å². The van der Waals surface area contributed by atoms with E-state index in [9.17, 15) is 0 Å². The molecule has 1 aromatic heterocycles. The Hall–Kier alpha value is -0.900. The largest absolute Gasteiger partial charge is 0.312 e. The second-order valence-corrected chi connectivity index (χ2v) is 6.04. The molecule has 1 unspecified atom stereocenters. The molecule has 1 N–H and O–H groups in total. The number of hydrogen-bond acceptors (Lipinski definition) is 3. The Morgan fingerprint density at radius 1 is 1.33 bits per heavy atom. The monoisotopic (exact) mass is 278 g/mol. The number of benzene rings is 1. The lowest BCUT2D eigenvalue weighted by molar-refractivity contribution is 0.501. The van der Waals surface area contributed by atoms with Crippen LogP contribution in [0.25, 0.3) is 10.6 Å². The molecule has 1 atom stereocenters. The molecule has 0 amide bonds. The van der Waals surface area contributed by atoms with E-state index >= 15 is 0 Å². The van der Waals surface area contributed by atoms with Crippen LogP contribution in [0.4, 0.5) is 0 Å². The van der Waals surface area contributed by atoms with E-state index in [1.165, 1.54) is 23.4 Å². The summed E-state index contributed by atoms with van der Waals surface area (Å²) in [5, 5.41) is 5.26. The zero-order valence-corrected chi connectivity index (χ0v) is 11.8. The number of nitrogens with zero attached hydrogens (tertiary/aromatic N) is 1. The Morgan fingerprint density at radius 3 is 2.83 bits per heavy atom. The highest BCUT2D eigenvalue weighted by atomic mass is 35.5. The molecule has 0 saturated heterocycles. The van der Waals surface area contributed by atoms with Crippen LogP contribution in [0.1, 0.15) is 29.5 Å². The van der Waals surface area contributed by atoms with Gasteiger partial charge >= 0.3 is 0 Å². The predicted molar refractivity (Wildman–Crippen MR) is 77.3 cm³/mol. The van der Waals surface area contributed by atoms with Crippen molar-refractivity contribution >= 4 is 22.9 Å². The third-order valence-electron chi connectivity index (χ3n) is 3.39. The first-order chi connectivity index (χ1) is 8.78. The molecule has 18 heavy (non-hydrogen) atoms. The number of aryl methyl sites for hydroxylation is 1. The van der Waals surface area contributed by atoms with Gasteiger partial charge < -0.3 is 5.32 Å². The third-order valence-corrected chi connectivity index (χ3v) is 4.90. The molecule has 4 heteroatoms. The lowest BCUT2D eigenvalue weighted by Gasteiger charge is -2.19. The third kappa shape index (κ3) is 2.18. The van der Waals surface area contributed by atoms with Crippen LogP contribution in [0.15, 0.2) is 24.3 Å². The zero-order valence-electron chi connectivity index (χ0n) is 10.2. The first-order valence-corrected chi connectivity index (χ1v) is 7.40. The highest BCUT2D eigenvalue weighted by molar-refractivity contribution is 7.15. The predicted octanol–water partition coefficient (Wildman–Crippen LogP) is 4.06. The molecule has 3 rings (SSSR count). The van der Waals surface area contributed by atoms with Gasteiger partial charge in [0, 0.05) is 21.5 Å². The van der Waals surface area contributed by atoms with Crippen LogP contribution in [0.2, 0.25) is 5.02 Å². The minimum Gasteiger partial charge on any atom is -0.312 e. The SMILES string of the molecule is CNC1CCCc2nc(-c3ccc(Cl)cc3)sc21. The summed E-state index contributed by atoms with van der Waals surface area (Å²) < 4.78 is 0. The Kier molecular flexibility index (Phi) is 3.37. The molecule has 1 heterocycles. The van der Waals surface area contributed by atoms with Crippen LogP contribution in [-0.4, -0.2) is 12.0 Å². The molecule has 1 aromatic carbocycles.